The van der Waals surface area contributed by atoms with Crippen molar-refractivity contribution in [1.29, 1.82) is 0 Å². The molecule has 0 amide bonds. The molecule has 0 aromatic rings. The Kier molecular flexibility index (Phi) is 5.94. The topological polar surface area (TPSA) is 12.0 Å². The molecule has 120 valence electrons. The van der Waals surface area contributed by atoms with Crippen molar-refractivity contribution in [2.75, 3.05) is 6.54 Å². The summed E-state index contributed by atoms with van der Waals surface area (Å²) < 4.78 is 0. The quantitative estimate of drug-likeness (QED) is 0.656. The number of rotatable bonds is 5. The van der Waals surface area contributed by atoms with E-state index >= 15 is 0 Å². The third-order valence-corrected chi connectivity index (χ3v) is 6.87. The molecule has 1 saturated carbocycles. The molecule has 1 aliphatic rings. The van der Waals surface area contributed by atoms with Gasteiger partial charge >= 0.3 is 0 Å². The average molecular weight is 298 g/mol. The van der Waals surface area contributed by atoms with Gasteiger partial charge in [0.1, 0.15) is 0 Å². The maximum Gasteiger partial charge on any atom is 0.0448 e. The van der Waals surface area contributed by atoms with Crippen LogP contribution in [0.25, 0.3) is 0 Å². The minimum Gasteiger partial charge on any atom is -0.314 e. The standard InChI is InChI=1S/C18H39NSi/c1-15(2)19-13-18(14-20(6,7)8)11-9-16(10-12-18)17(3,4)5/h15-16,19H,9-14H2,1-8H3. The molecular weight excluding hydrogens is 258 g/mol. The van der Waals surface area contributed by atoms with E-state index in [1.807, 2.05) is 0 Å². The molecule has 20 heavy (non-hydrogen) atoms. The highest BCUT2D eigenvalue weighted by molar-refractivity contribution is 6.76. The lowest BCUT2D eigenvalue weighted by Crippen LogP contribution is -2.45. The average Bonchev–Trinajstić information content (AvgIpc) is 2.23. The van der Waals surface area contributed by atoms with Crippen molar-refractivity contribution >= 4 is 8.07 Å². The van der Waals surface area contributed by atoms with Crippen molar-refractivity contribution < 1.29 is 0 Å². The van der Waals surface area contributed by atoms with Crippen LogP contribution in [0.15, 0.2) is 0 Å². The SMILES string of the molecule is CC(C)NCC1(C[Si](C)(C)C)CCC(C(C)(C)C)CC1. The molecule has 1 N–H and O–H groups in total. The monoisotopic (exact) mass is 297 g/mol. The summed E-state index contributed by atoms with van der Waals surface area (Å²) in [5.74, 6) is 0.927. The minimum atomic E-state index is -0.997. The normalized spacial score (nSPS) is 28.9. The predicted molar refractivity (Wildman–Crippen MR) is 95.1 cm³/mol. The fourth-order valence-corrected chi connectivity index (χ4v) is 6.79. The van der Waals surface area contributed by atoms with Crippen LogP contribution in [-0.4, -0.2) is 20.7 Å². The van der Waals surface area contributed by atoms with Gasteiger partial charge in [-0.3, -0.25) is 0 Å². The molecule has 0 aromatic carbocycles. The first-order valence-electron chi connectivity index (χ1n) is 8.67. The molecule has 0 unspecified atom stereocenters. The second-order valence-corrected chi connectivity index (χ2v) is 15.4. The van der Waals surface area contributed by atoms with E-state index in [1.165, 1.54) is 38.3 Å². The van der Waals surface area contributed by atoms with Crippen molar-refractivity contribution in [3.8, 4) is 0 Å². The van der Waals surface area contributed by atoms with E-state index in [0.717, 1.165) is 5.92 Å². The maximum absolute atomic E-state index is 3.75. The van der Waals surface area contributed by atoms with Crippen LogP contribution in [-0.2, 0) is 0 Å². The van der Waals surface area contributed by atoms with E-state index in [-0.39, 0.29) is 0 Å². The zero-order valence-electron chi connectivity index (χ0n) is 15.4. The lowest BCUT2D eigenvalue weighted by Gasteiger charge is -2.47. The Balaban J connectivity index is 2.72. The lowest BCUT2D eigenvalue weighted by atomic mass is 9.64. The van der Waals surface area contributed by atoms with Crippen molar-refractivity contribution in [2.45, 2.75) is 92.0 Å². The van der Waals surface area contributed by atoms with Crippen molar-refractivity contribution in [2.24, 2.45) is 16.7 Å². The molecule has 1 nitrogen and oxygen atoms in total. The summed E-state index contributed by atoms with van der Waals surface area (Å²) in [7, 11) is -0.997. The third-order valence-electron chi connectivity index (χ3n) is 5.06. The first-order chi connectivity index (χ1) is 8.94. The van der Waals surface area contributed by atoms with Gasteiger partial charge in [0.05, 0.1) is 0 Å². The smallest absolute Gasteiger partial charge is 0.0448 e. The summed E-state index contributed by atoms with van der Waals surface area (Å²) in [4.78, 5) is 0. The van der Waals surface area contributed by atoms with Gasteiger partial charge in [0.15, 0.2) is 0 Å². The molecule has 0 heterocycles. The minimum absolute atomic E-state index is 0.497. The number of nitrogens with one attached hydrogen (secondary N) is 1. The number of hydrogen-bond donors (Lipinski definition) is 1. The lowest BCUT2D eigenvalue weighted by molar-refractivity contribution is 0.0964. The first kappa shape index (κ1) is 18.2. The third kappa shape index (κ3) is 5.89. The van der Waals surface area contributed by atoms with Gasteiger partial charge in [0.25, 0.3) is 0 Å². The molecule has 1 fully saturated rings. The Hall–Kier alpha value is 0.177. The highest BCUT2D eigenvalue weighted by Gasteiger charge is 2.40. The molecule has 2 heteroatoms. The summed E-state index contributed by atoms with van der Waals surface area (Å²) in [5, 5.41) is 3.75. The van der Waals surface area contributed by atoms with Crippen LogP contribution in [0.1, 0.15) is 60.3 Å². The van der Waals surface area contributed by atoms with E-state index in [9.17, 15) is 0 Å². The zero-order chi connectivity index (χ0) is 15.6. The van der Waals surface area contributed by atoms with E-state index in [2.05, 4.69) is 59.6 Å². The highest BCUT2D eigenvalue weighted by Crippen LogP contribution is 2.48. The van der Waals surface area contributed by atoms with Gasteiger partial charge in [-0.2, -0.15) is 0 Å². The summed E-state index contributed by atoms with van der Waals surface area (Å²) in [6, 6.07) is 2.12. The van der Waals surface area contributed by atoms with Crippen LogP contribution >= 0.6 is 0 Å². The molecule has 1 rings (SSSR count). The summed E-state index contributed by atoms with van der Waals surface area (Å²) in [6.45, 7) is 20.7. The van der Waals surface area contributed by atoms with Gasteiger partial charge in [-0.15, -0.1) is 0 Å². The van der Waals surface area contributed by atoms with Crippen molar-refractivity contribution in [3.63, 3.8) is 0 Å². The Labute approximate surface area is 129 Å². The van der Waals surface area contributed by atoms with Crippen molar-refractivity contribution in [3.05, 3.63) is 0 Å². The van der Waals surface area contributed by atoms with Gasteiger partial charge in [-0.25, -0.2) is 0 Å². The van der Waals surface area contributed by atoms with E-state index in [0.29, 0.717) is 16.9 Å². The van der Waals surface area contributed by atoms with E-state index < -0.39 is 8.07 Å². The van der Waals surface area contributed by atoms with E-state index in [1.54, 1.807) is 0 Å². The summed E-state index contributed by atoms with van der Waals surface area (Å²) in [6.07, 6.45) is 5.76. The van der Waals surface area contributed by atoms with Crippen molar-refractivity contribution in [1.82, 2.24) is 5.32 Å². The predicted octanol–water partition coefficient (Wildman–Crippen LogP) is 5.55. The maximum atomic E-state index is 3.75. The van der Waals surface area contributed by atoms with Gasteiger partial charge < -0.3 is 5.32 Å². The Bertz CT molecular complexity index is 288. The molecule has 0 bridgehead atoms. The van der Waals surface area contributed by atoms with Gasteiger partial charge in [0, 0.05) is 20.7 Å². The zero-order valence-corrected chi connectivity index (χ0v) is 16.4. The molecule has 0 aromatic heterocycles. The molecule has 0 atom stereocenters. The molecule has 0 saturated heterocycles. The number of hydrogen-bond acceptors (Lipinski definition) is 1. The van der Waals surface area contributed by atoms with Gasteiger partial charge in [-0.1, -0.05) is 60.3 Å². The van der Waals surface area contributed by atoms with Crippen LogP contribution in [0.3, 0.4) is 0 Å². The second kappa shape index (κ2) is 6.52. The molecule has 0 radical (unpaired) electrons. The fourth-order valence-electron chi connectivity index (χ4n) is 4.06. The van der Waals surface area contributed by atoms with Gasteiger partial charge in [-0.05, 0) is 42.4 Å². The first-order valence-corrected chi connectivity index (χ1v) is 12.4. The van der Waals surface area contributed by atoms with Crippen LogP contribution in [0, 0.1) is 16.7 Å². The fraction of sp³-hybridized carbons (Fsp3) is 1.00. The Morgan fingerprint density at radius 3 is 1.95 bits per heavy atom. The highest BCUT2D eigenvalue weighted by atomic mass is 28.3. The molecule has 1 aliphatic carbocycles. The summed E-state index contributed by atoms with van der Waals surface area (Å²) in [5.41, 5.74) is 1.09. The summed E-state index contributed by atoms with van der Waals surface area (Å²) >= 11 is 0. The van der Waals surface area contributed by atoms with Crippen LogP contribution in [0.4, 0.5) is 0 Å². The molecular formula is C18H39NSi. The van der Waals surface area contributed by atoms with Crippen LogP contribution < -0.4 is 5.32 Å². The molecule has 0 aliphatic heterocycles. The molecule has 0 spiro atoms. The van der Waals surface area contributed by atoms with Crippen LogP contribution in [0.5, 0.6) is 0 Å². The largest absolute Gasteiger partial charge is 0.314 e. The Morgan fingerprint density at radius 2 is 1.60 bits per heavy atom. The van der Waals surface area contributed by atoms with E-state index in [4.69, 9.17) is 0 Å². The Morgan fingerprint density at radius 1 is 1.10 bits per heavy atom. The second-order valence-electron chi connectivity index (χ2n) is 9.91. The van der Waals surface area contributed by atoms with Crippen LogP contribution in [0.2, 0.25) is 25.7 Å². The van der Waals surface area contributed by atoms with Gasteiger partial charge in [0.2, 0.25) is 0 Å².